The van der Waals surface area contributed by atoms with Gasteiger partial charge in [-0.15, -0.1) is 0 Å². The number of nitrogens with one attached hydrogen (secondary N) is 2. The normalized spacial score (nSPS) is 15.4. The van der Waals surface area contributed by atoms with Crippen molar-refractivity contribution >= 4 is 33.6 Å². The molecule has 2 aromatic carbocycles. The quantitative estimate of drug-likeness (QED) is 0.632. The van der Waals surface area contributed by atoms with Gasteiger partial charge in [0, 0.05) is 11.9 Å². The van der Waals surface area contributed by atoms with Crippen LogP contribution in [0, 0.1) is 0 Å². The Kier molecular flexibility index (Phi) is 4.32. The molecule has 1 aromatic heterocycles. The second-order valence-electron chi connectivity index (χ2n) is 7.77. The number of aryl methyl sites for hydroxylation is 1. The van der Waals surface area contributed by atoms with E-state index in [9.17, 15) is 9.59 Å². The van der Waals surface area contributed by atoms with Crippen LogP contribution < -0.4 is 10.1 Å². The molecule has 3 aromatic rings. The van der Waals surface area contributed by atoms with Crippen LogP contribution in [0.25, 0.3) is 21.8 Å². The minimum absolute atomic E-state index is 0.265. The minimum Gasteiger partial charge on any atom is -0.492 e. The van der Waals surface area contributed by atoms with Gasteiger partial charge in [0.1, 0.15) is 12.4 Å². The molecule has 2 N–H and O–H groups in total. The lowest BCUT2D eigenvalue weighted by molar-refractivity contribution is 0.0880. The molecule has 150 valence electrons. The average Bonchev–Trinajstić information content (AvgIpc) is 3.40. The molecule has 0 unspecified atom stereocenters. The van der Waals surface area contributed by atoms with Crippen LogP contribution in [0.4, 0.5) is 0 Å². The smallest absolute Gasteiger partial charge is 0.259 e. The number of carbonyl (C=O) groups excluding carboxylic acids is 2. The van der Waals surface area contributed by atoms with E-state index >= 15 is 0 Å². The van der Waals surface area contributed by atoms with E-state index in [0.29, 0.717) is 17.7 Å². The Balaban J connectivity index is 1.70. The van der Waals surface area contributed by atoms with Crippen molar-refractivity contribution in [2.45, 2.75) is 33.1 Å². The number of carbonyl (C=O) groups is 2. The number of hydrogen-bond donors (Lipinski definition) is 2. The van der Waals surface area contributed by atoms with Crippen LogP contribution in [0.2, 0.25) is 0 Å². The summed E-state index contributed by atoms with van der Waals surface area (Å²) < 4.78 is 6.18. The number of ether oxygens (including phenoxy) is 1. The zero-order valence-corrected chi connectivity index (χ0v) is 16.9. The second-order valence-corrected chi connectivity index (χ2v) is 7.77. The molecule has 2 amide bonds. The highest BCUT2D eigenvalue weighted by Gasteiger charge is 2.37. The molecule has 6 heteroatoms. The van der Waals surface area contributed by atoms with Crippen molar-refractivity contribution in [2.75, 3.05) is 26.2 Å². The van der Waals surface area contributed by atoms with E-state index in [-0.39, 0.29) is 11.8 Å². The Morgan fingerprint density at radius 3 is 2.55 bits per heavy atom. The highest BCUT2D eigenvalue weighted by atomic mass is 16.5. The number of H-pyrrole nitrogens is 1. The van der Waals surface area contributed by atoms with Gasteiger partial charge >= 0.3 is 0 Å². The van der Waals surface area contributed by atoms with Gasteiger partial charge in [0.25, 0.3) is 11.8 Å². The number of rotatable bonds is 6. The lowest BCUT2D eigenvalue weighted by Gasteiger charge is -2.18. The van der Waals surface area contributed by atoms with Crippen LogP contribution in [-0.2, 0) is 12.8 Å². The molecule has 1 aliphatic heterocycles. The summed E-state index contributed by atoms with van der Waals surface area (Å²) in [5.74, 6) is 0.191. The van der Waals surface area contributed by atoms with Gasteiger partial charge < -0.3 is 14.6 Å². The Morgan fingerprint density at radius 2 is 1.76 bits per heavy atom. The predicted octanol–water partition coefficient (Wildman–Crippen LogP) is 3.41. The maximum atomic E-state index is 12.7. The largest absolute Gasteiger partial charge is 0.492 e. The van der Waals surface area contributed by atoms with Gasteiger partial charge in [-0.3, -0.25) is 14.9 Å². The summed E-state index contributed by atoms with van der Waals surface area (Å²) in [5.41, 5.74) is 5.22. The summed E-state index contributed by atoms with van der Waals surface area (Å²) in [5, 5.41) is 4.24. The summed E-state index contributed by atoms with van der Waals surface area (Å²) in [4.78, 5) is 31.1. The molecule has 1 aliphatic carbocycles. The number of amides is 2. The molecule has 5 rings (SSSR count). The van der Waals surface area contributed by atoms with Crippen molar-refractivity contribution in [3.63, 3.8) is 0 Å². The number of fused-ring (bicyclic) bond motifs is 8. The first-order chi connectivity index (χ1) is 14.1. The maximum absolute atomic E-state index is 12.7. The van der Waals surface area contributed by atoms with Crippen molar-refractivity contribution in [3.8, 4) is 5.75 Å². The number of aromatic nitrogens is 1. The fraction of sp³-hybridized carbons (Fsp3) is 0.391. The Bertz CT molecular complexity index is 1160. The predicted molar refractivity (Wildman–Crippen MR) is 113 cm³/mol. The number of likely N-dealkylation sites (N-methyl/N-ethyl adjacent to an activating group) is 1. The van der Waals surface area contributed by atoms with Crippen LogP contribution >= 0.6 is 0 Å². The van der Waals surface area contributed by atoms with Crippen molar-refractivity contribution in [1.82, 2.24) is 15.2 Å². The van der Waals surface area contributed by atoms with Gasteiger partial charge in [-0.1, -0.05) is 19.9 Å². The number of imide groups is 1. The van der Waals surface area contributed by atoms with Crippen molar-refractivity contribution in [1.29, 1.82) is 0 Å². The average molecular weight is 391 g/mol. The molecule has 0 fully saturated rings. The molecule has 6 nitrogen and oxygen atoms in total. The van der Waals surface area contributed by atoms with Crippen LogP contribution in [0.3, 0.4) is 0 Å². The molecule has 0 spiro atoms. The highest BCUT2D eigenvalue weighted by Crippen LogP contribution is 2.43. The van der Waals surface area contributed by atoms with Gasteiger partial charge in [-0.05, 0) is 55.6 Å². The van der Waals surface area contributed by atoms with Crippen LogP contribution in [0.5, 0.6) is 5.75 Å². The number of hydrogen-bond acceptors (Lipinski definition) is 4. The molecule has 0 bridgehead atoms. The zero-order valence-electron chi connectivity index (χ0n) is 16.9. The summed E-state index contributed by atoms with van der Waals surface area (Å²) >= 11 is 0. The first-order valence-electron chi connectivity index (χ1n) is 10.5. The molecular weight excluding hydrogens is 366 g/mol. The second kappa shape index (κ2) is 6.88. The molecule has 0 saturated carbocycles. The summed E-state index contributed by atoms with van der Waals surface area (Å²) in [6, 6.07) is 5.93. The number of aromatic amines is 1. The standard InChI is InChI=1S/C23H25N3O3/c1-3-26(4-2)11-12-29-16-10-6-9-15-18(16)19-20-17(22(27)25-23(20)28)13-7-5-8-14(13)21(19)24-15/h6,9-10,24H,3-5,7-8,11-12H2,1-2H3,(H,25,27,28). The van der Waals surface area contributed by atoms with Crippen molar-refractivity contribution in [2.24, 2.45) is 0 Å². The van der Waals surface area contributed by atoms with Crippen LogP contribution in [0.15, 0.2) is 18.2 Å². The van der Waals surface area contributed by atoms with Gasteiger partial charge in [0.15, 0.2) is 0 Å². The Labute approximate surface area is 169 Å². The van der Waals surface area contributed by atoms with E-state index in [2.05, 4.69) is 29.0 Å². The van der Waals surface area contributed by atoms with E-state index in [1.165, 1.54) is 5.56 Å². The first-order valence-corrected chi connectivity index (χ1v) is 10.5. The highest BCUT2D eigenvalue weighted by molar-refractivity contribution is 6.31. The summed E-state index contributed by atoms with van der Waals surface area (Å²) in [6.07, 6.45) is 2.77. The monoisotopic (exact) mass is 391 g/mol. The molecule has 0 radical (unpaired) electrons. The van der Waals surface area contributed by atoms with E-state index in [4.69, 9.17) is 4.74 Å². The van der Waals surface area contributed by atoms with E-state index in [0.717, 1.165) is 72.0 Å². The molecule has 29 heavy (non-hydrogen) atoms. The zero-order chi connectivity index (χ0) is 20.1. The van der Waals surface area contributed by atoms with Crippen molar-refractivity contribution in [3.05, 3.63) is 40.5 Å². The first kappa shape index (κ1) is 18.2. The van der Waals surface area contributed by atoms with Crippen LogP contribution in [-0.4, -0.2) is 47.9 Å². The van der Waals surface area contributed by atoms with Crippen molar-refractivity contribution < 1.29 is 14.3 Å². The fourth-order valence-corrected chi connectivity index (χ4v) is 4.91. The molecular formula is C23H25N3O3. The summed E-state index contributed by atoms with van der Waals surface area (Å²) in [7, 11) is 0. The fourth-order valence-electron chi connectivity index (χ4n) is 4.91. The number of benzene rings is 2. The lowest BCUT2D eigenvalue weighted by atomic mass is 9.93. The van der Waals surface area contributed by atoms with Crippen LogP contribution in [0.1, 0.15) is 52.1 Å². The molecule has 2 aliphatic rings. The molecule has 0 saturated heterocycles. The third-order valence-corrected chi connectivity index (χ3v) is 6.35. The Morgan fingerprint density at radius 1 is 1.00 bits per heavy atom. The van der Waals surface area contributed by atoms with E-state index < -0.39 is 0 Å². The third kappa shape index (κ3) is 2.66. The maximum Gasteiger partial charge on any atom is 0.259 e. The van der Waals surface area contributed by atoms with Gasteiger partial charge in [0.2, 0.25) is 0 Å². The lowest BCUT2D eigenvalue weighted by Crippen LogP contribution is -2.27. The third-order valence-electron chi connectivity index (χ3n) is 6.35. The topological polar surface area (TPSA) is 74.4 Å². The minimum atomic E-state index is -0.302. The number of nitrogens with zero attached hydrogens (tertiary/aromatic N) is 1. The SMILES string of the molecule is CCN(CC)CCOc1cccc2[nH]c3c4c(c5c(c3c12)C(=O)NC5=O)CCC4. The molecule has 0 atom stereocenters. The van der Waals surface area contributed by atoms with E-state index in [1.54, 1.807) is 0 Å². The Hall–Kier alpha value is -2.86. The summed E-state index contributed by atoms with van der Waals surface area (Å²) in [6.45, 7) is 7.68. The van der Waals surface area contributed by atoms with Gasteiger partial charge in [-0.2, -0.15) is 0 Å². The van der Waals surface area contributed by atoms with E-state index in [1.807, 2.05) is 18.2 Å². The van der Waals surface area contributed by atoms with Gasteiger partial charge in [0.05, 0.1) is 27.5 Å². The van der Waals surface area contributed by atoms with Gasteiger partial charge in [-0.25, -0.2) is 0 Å². The molecule has 2 heterocycles.